The zero-order chi connectivity index (χ0) is 14.1. The van der Waals surface area contributed by atoms with Gasteiger partial charge in [-0.1, -0.05) is 24.3 Å². The Balaban J connectivity index is 2.00. The number of hydrogen-bond donors (Lipinski definition) is 2. The van der Waals surface area contributed by atoms with Gasteiger partial charge in [-0.3, -0.25) is 5.10 Å². The average Bonchev–Trinajstić information content (AvgIpc) is 2.82. The smallest absolute Gasteiger partial charge is 0.1000 e. The molecule has 102 valence electrons. The van der Waals surface area contributed by atoms with E-state index in [1.807, 2.05) is 18.2 Å². The van der Waals surface area contributed by atoms with Gasteiger partial charge in [-0.25, -0.2) is 0 Å². The van der Waals surface area contributed by atoms with E-state index in [0.717, 1.165) is 34.4 Å². The van der Waals surface area contributed by atoms with Crippen molar-refractivity contribution in [3.63, 3.8) is 0 Å². The van der Waals surface area contributed by atoms with Crippen LogP contribution in [0.5, 0.6) is 0 Å². The number of aromatic nitrogens is 2. The molecule has 20 heavy (non-hydrogen) atoms. The number of nitrogens with one attached hydrogen (secondary N) is 1. The van der Waals surface area contributed by atoms with Crippen molar-refractivity contribution in [1.82, 2.24) is 15.1 Å². The number of H-pyrrole nitrogens is 1. The van der Waals surface area contributed by atoms with Gasteiger partial charge in [0.25, 0.3) is 0 Å². The minimum atomic E-state index is 0.754. The van der Waals surface area contributed by atoms with E-state index in [-0.39, 0.29) is 0 Å². The number of anilines is 1. The maximum atomic E-state index is 5.86. The topological polar surface area (TPSA) is 57.9 Å². The van der Waals surface area contributed by atoms with Gasteiger partial charge in [0, 0.05) is 23.2 Å². The molecule has 0 radical (unpaired) electrons. The zero-order valence-electron chi connectivity index (χ0n) is 11.7. The third kappa shape index (κ3) is 2.38. The summed E-state index contributed by atoms with van der Waals surface area (Å²) >= 11 is 0. The number of aromatic amines is 1. The second-order valence-electron chi connectivity index (χ2n) is 5.31. The Bertz CT molecular complexity index is 726. The molecule has 0 saturated heterocycles. The van der Waals surface area contributed by atoms with Crippen molar-refractivity contribution < 1.29 is 0 Å². The molecule has 0 aliphatic carbocycles. The molecule has 1 heterocycles. The van der Waals surface area contributed by atoms with E-state index in [4.69, 9.17) is 5.73 Å². The van der Waals surface area contributed by atoms with Crippen LogP contribution < -0.4 is 5.73 Å². The molecule has 0 atom stereocenters. The van der Waals surface area contributed by atoms with Gasteiger partial charge < -0.3 is 10.6 Å². The Labute approximate surface area is 118 Å². The Morgan fingerprint density at radius 2 is 1.85 bits per heavy atom. The highest BCUT2D eigenvalue weighted by atomic mass is 15.1. The Morgan fingerprint density at radius 1 is 1.10 bits per heavy atom. The minimum Gasteiger partial charge on any atom is -0.399 e. The van der Waals surface area contributed by atoms with E-state index in [2.05, 4.69) is 53.5 Å². The third-order valence-electron chi connectivity index (χ3n) is 3.31. The summed E-state index contributed by atoms with van der Waals surface area (Å²) in [6.45, 7) is 0.939. The van der Waals surface area contributed by atoms with Crippen LogP contribution in [-0.4, -0.2) is 29.2 Å². The average molecular weight is 266 g/mol. The molecule has 0 bridgehead atoms. The maximum absolute atomic E-state index is 5.86. The number of nitrogens with two attached hydrogens (primary N) is 1. The number of benzene rings is 2. The Morgan fingerprint density at radius 3 is 2.55 bits per heavy atom. The quantitative estimate of drug-likeness (QED) is 0.717. The van der Waals surface area contributed by atoms with Crippen LogP contribution in [0.25, 0.3) is 22.2 Å². The molecule has 3 N–H and O–H groups in total. The SMILES string of the molecule is CN(C)Cc1ccc(-c2n[nH]c3ccc(N)cc23)cc1. The first kappa shape index (κ1) is 12.7. The lowest BCUT2D eigenvalue weighted by molar-refractivity contribution is 0.402. The highest BCUT2D eigenvalue weighted by molar-refractivity contribution is 5.94. The number of nitrogens with zero attached hydrogens (tertiary/aromatic N) is 2. The molecular formula is C16H18N4. The molecule has 0 saturated carbocycles. The molecule has 0 aliphatic rings. The first-order valence-electron chi connectivity index (χ1n) is 6.61. The van der Waals surface area contributed by atoms with E-state index in [1.165, 1.54) is 5.56 Å². The van der Waals surface area contributed by atoms with E-state index in [0.29, 0.717) is 0 Å². The summed E-state index contributed by atoms with van der Waals surface area (Å²) in [4.78, 5) is 2.15. The Kier molecular flexibility index (Phi) is 3.16. The lowest BCUT2D eigenvalue weighted by Crippen LogP contribution is -2.10. The third-order valence-corrected chi connectivity index (χ3v) is 3.31. The van der Waals surface area contributed by atoms with E-state index in [9.17, 15) is 0 Å². The van der Waals surface area contributed by atoms with Crippen LogP contribution in [0.2, 0.25) is 0 Å². The molecule has 0 aliphatic heterocycles. The van der Waals surface area contributed by atoms with Crippen LogP contribution in [0.4, 0.5) is 5.69 Å². The molecule has 3 aromatic rings. The van der Waals surface area contributed by atoms with Crippen LogP contribution in [0.15, 0.2) is 42.5 Å². The minimum absolute atomic E-state index is 0.754. The predicted molar refractivity (Wildman–Crippen MR) is 83.3 cm³/mol. The van der Waals surface area contributed by atoms with Gasteiger partial charge in [0.2, 0.25) is 0 Å². The fourth-order valence-electron chi connectivity index (χ4n) is 2.38. The van der Waals surface area contributed by atoms with Gasteiger partial charge >= 0.3 is 0 Å². The van der Waals surface area contributed by atoms with Crippen LogP contribution in [-0.2, 0) is 6.54 Å². The largest absolute Gasteiger partial charge is 0.399 e. The van der Waals surface area contributed by atoms with Crippen molar-refractivity contribution in [3.05, 3.63) is 48.0 Å². The van der Waals surface area contributed by atoms with Gasteiger partial charge in [0.1, 0.15) is 0 Å². The number of nitrogen functional groups attached to an aromatic ring is 1. The molecule has 0 amide bonds. The van der Waals surface area contributed by atoms with Crippen molar-refractivity contribution in [1.29, 1.82) is 0 Å². The first-order valence-corrected chi connectivity index (χ1v) is 6.61. The van der Waals surface area contributed by atoms with Gasteiger partial charge in [-0.15, -0.1) is 0 Å². The van der Waals surface area contributed by atoms with Crippen molar-refractivity contribution in [2.45, 2.75) is 6.54 Å². The number of fused-ring (bicyclic) bond motifs is 1. The Hall–Kier alpha value is -2.33. The van der Waals surface area contributed by atoms with Gasteiger partial charge in [0.05, 0.1) is 11.2 Å². The standard InChI is InChI=1S/C16H18N4/c1-20(2)10-11-3-5-12(6-4-11)16-14-9-13(17)7-8-15(14)18-19-16/h3-9H,10,17H2,1-2H3,(H,18,19). The van der Waals surface area contributed by atoms with E-state index in [1.54, 1.807) is 0 Å². The van der Waals surface area contributed by atoms with Gasteiger partial charge in [-0.2, -0.15) is 5.10 Å². The summed E-state index contributed by atoms with van der Waals surface area (Å²) in [7, 11) is 4.13. The zero-order valence-corrected chi connectivity index (χ0v) is 11.7. The van der Waals surface area contributed by atoms with Crippen LogP contribution in [0.3, 0.4) is 0 Å². The number of hydrogen-bond acceptors (Lipinski definition) is 3. The number of rotatable bonds is 3. The summed E-state index contributed by atoms with van der Waals surface area (Å²) in [5, 5.41) is 8.51. The fraction of sp³-hybridized carbons (Fsp3) is 0.188. The van der Waals surface area contributed by atoms with Gasteiger partial charge in [-0.05, 0) is 37.9 Å². The van der Waals surface area contributed by atoms with Crippen molar-refractivity contribution >= 4 is 16.6 Å². The summed E-state index contributed by atoms with van der Waals surface area (Å²) in [5.41, 5.74) is 11.0. The van der Waals surface area contributed by atoms with E-state index < -0.39 is 0 Å². The normalized spacial score (nSPS) is 11.3. The van der Waals surface area contributed by atoms with Crippen LogP contribution in [0, 0.1) is 0 Å². The molecule has 2 aromatic carbocycles. The molecule has 0 unspecified atom stereocenters. The molecule has 4 nitrogen and oxygen atoms in total. The fourth-order valence-corrected chi connectivity index (χ4v) is 2.38. The van der Waals surface area contributed by atoms with Crippen LogP contribution >= 0.6 is 0 Å². The first-order chi connectivity index (χ1) is 9.63. The second-order valence-corrected chi connectivity index (χ2v) is 5.31. The summed E-state index contributed by atoms with van der Waals surface area (Å²) in [6, 6.07) is 14.3. The predicted octanol–water partition coefficient (Wildman–Crippen LogP) is 2.87. The van der Waals surface area contributed by atoms with Crippen LogP contribution in [0.1, 0.15) is 5.56 Å². The van der Waals surface area contributed by atoms with Crippen molar-refractivity contribution in [2.75, 3.05) is 19.8 Å². The molecule has 4 heteroatoms. The van der Waals surface area contributed by atoms with Gasteiger partial charge in [0.15, 0.2) is 0 Å². The lowest BCUT2D eigenvalue weighted by Gasteiger charge is -2.09. The van der Waals surface area contributed by atoms with Crippen molar-refractivity contribution in [3.8, 4) is 11.3 Å². The monoisotopic (exact) mass is 266 g/mol. The highest BCUT2D eigenvalue weighted by Crippen LogP contribution is 2.27. The summed E-state index contributed by atoms with van der Waals surface area (Å²) in [5.74, 6) is 0. The maximum Gasteiger partial charge on any atom is 0.1000 e. The molecule has 0 fully saturated rings. The highest BCUT2D eigenvalue weighted by Gasteiger charge is 2.08. The second kappa shape index (κ2) is 4.98. The lowest BCUT2D eigenvalue weighted by atomic mass is 10.1. The molecular weight excluding hydrogens is 248 g/mol. The van der Waals surface area contributed by atoms with Crippen molar-refractivity contribution in [2.24, 2.45) is 0 Å². The molecule has 1 aromatic heterocycles. The summed E-state index contributed by atoms with van der Waals surface area (Å²) in [6.07, 6.45) is 0. The summed E-state index contributed by atoms with van der Waals surface area (Å²) < 4.78 is 0. The molecule has 3 rings (SSSR count). The molecule has 0 spiro atoms. The van der Waals surface area contributed by atoms with E-state index >= 15 is 0 Å².